The summed E-state index contributed by atoms with van der Waals surface area (Å²) in [6, 6.07) is 8.01. The van der Waals surface area contributed by atoms with Crippen LogP contribution in [0.4, 0.5) is 0 Å². The van der Waals surface area contributed by atoms with Crippen molar-refractivity contribution in [3.05, 3.63) is 35.4 Å². The van der Waals surface area contributed by atoms with Gasteiger partial charge >= 0.3 is 7.82 Å². The standard InChI is InChI=1S/C20H34NO6P/c1-2-3-8-17-11-13-18(14-12-17)9-6-4-5-7-10-20(23)21-19(15-22)16-27-28(24,25)26/h11-14,19,22H,2-10,15-16H2,1H3,(H,21,23)(H2,24,25,26)/t19-/m1/s1. The van der Waals surface area contributed by atoms with Gasteiger partial charge in [-0.2, -0.15) is 0 Å². The number of aryl methyl sites for hydroxylation is 2. The predicted molar refractivity (Wildman–Crippen MR) is 109 cm³/mol. The third-order valence-electron chi connectivity index (χ3n) is 4.49. The van der Waals surface area contributed by atoms with Crippen molar-refractivity contribution in [2.24, 2.45) is 0 Å². The van der Waals surface area contributed by atoms with Crippen molar-refractivity contribution in [2.75, 3.05) is 13.2 Å². The molecule has 0 aliphatic carbocycles. The van der Waals surface area contributed by atoms with Crippen LogP contribution in [0.1, 0.15) is 63.0 Å². The van der Waals surface area contributed by atoms with E-state index < -0.39 is 27.1 Å². The number of unbranched alkanes of at least 4 members (excludes halogenated alkanes) is 4. The zero-order valence-electron chi connectivity index (χ0n) is 16.7. The maximum absolute atomic E-state index is 11.8. The minimum atomic E-state index is -4.61. The van der Waals surface area contributed by atoms with E-state index in [4.69, 9.17) is 14.9 Å². The number of phosphoric acid groups is 1. The van der Waals surface area contributed by atoms with Crippen molar-refractivity contribution in [1.82, 2.24) is 5.32 Å². The Kier molecular flexibility index (Phi) is 12.3. The molecule has 0 heterocycles. The average molecular weight is 415 g/mol. The van der Waals surface area contributed by atoms with Gasteiger partial charge in [0.2, 0.25) is 5.91 Å². The summed E-state index contributed by atoms with van der Waals surface area (Å²) in [5.41, 5.74) is 2.73. The second-order valence-corrected chi connectivity index (χ2v) is 8.31. The zero-order chi connectivity index (χ0) is 20.8. The largest absolute Gasteiger partial charge is 0.469 e. The summed E-state index contributed by atoms with van der Waals surface area (Å²) in [5.74, 6) is -0.254. The fourth-order valence-electron chi connectivity index (χ4n) is 2.85. The number of benzene rings is 1. The molecule has 0 fully saturated rings. The highest BCUT2D eigenvalue weighted by molar-refractivity contribution is 7.46. The van der Waals surface area contributed by atoms with Gasteiger partial charge in [-0.1, -0.05) is 50.5 Å². The van der Waals surface area contributed by atoms with Gasteiger partial charge in [-0.15, -0.1) is 0 Å². The van der Waals surface area contributed by atoms with E-state index in [1.807, 2.05) is 0 Å². The van der Waals surface area contributed by atoms with E-state index in [1.165, 1.54) is 24.0 Å². The minimum absolute atomic E-state index is 0.254. The van der Waals surface area contributed by atoms with Crippen LogP contribution in [0.3, 0.4) is 0 Å². The third kappa shape index (κ3) is 12.3. The van der Waals surface area contributed by atoms with E-state index >= 15 is 0 Å². The molecule has 28 heavy (non-hydrogen) atoms. The van der Waals surface area contributed by atoms with Crippen molar-refractivity contribution in [3.8, 4) is 0 Å². The van der Waals surface area contributed by atoms with Gasteiger partial charge in [0, 0.05) is 6.42 Å². The maximum Gasteiger partial charge on any atom is 0.469 e. The number of amides is 1. The highest BCUT2D eigenvalue weighted by Crippen LogP contribution is 2.35. The molecule has 0 spiro atoms. The van der Waals surface area contributed by atoms with Gasteiger partial charge in [0.05, 0.1) is 19.3 Å². The first-order chi connectivity index (χ1) is 13.3. The Morgan fingerprint density at radius 3 is 2.14 bits per heavy atom. The third-order valence-corrected chi connectivity index (χ3v) is 4.98. The van der Waals surface area contributed by atoms with Crippen LogP contribution in [0.25, 0.3) is 0 Å². The van der Waals surface area contributed by atoms with Gasteiger partial charge in [0.1, 0.15) is 0 Å². The van der Waals surface area contributed by atoms with E-state index in [2.05, 4.69) is 41.0 Å². The van der Waals surface area contributed by atoms with Crippen molar-refractivity contribution < 1.29 is 28.8 Å². The molecular formula is C20H34NO6P. The van der Waals surface area contributed by atoms with Crippen LogP contribution in [-0.2, 0) is 26.7 Å². The van der Waals surface area contributed by atoms with E-state index in [0.717, 1.165) is 38.5 Å². The molecule has 0 aliphatic rings. The highest BCUT2D eigenvalue weighted by atomic mass is 31.2. The molecule has 8 heteroatoms. The SMILES string of the molecule is CCCCc1ccc(CCCCCCC(=O)N[C@H](CO)COP(=O)(O)O)cc1. The molecule has 4 N–H and O–H groups in total. The molecule has 0 radical (unpaired) electrons. The summed E-state index contributed by atoms with van der Waals surface area (Å²) in [7, 11) is -4.61. The Labute approximate surface area is 167 Å². The van der Waals surface area contributed by atoms with Crippen molar-refractivity contribution in [3.63, 3.8) is 0 Å². The van der Waals surface area contributed by atoms with Gasteiger partial charge in [0.15, 0.2) is 0 Å². The van der Waals surface area contributed by atoms with Crippen LogP contribution in [0.2, 0.25) is 0 Å². The summed E-state index contributed by atoms with van der Waals surface area (Å²) >= 11 is 0. The van der Waals surface area contributed by atoms with Crippen molar-refractivity contribution >= 4 is 13.7 Å². The summed E-state index contributed by atoms with van der Waals surface area (Å²) < 4.78 is 15.0. The number of aliphatic hydroxyl groups excluding tert-OH is 1. The summed E-state index contributed by atoms with van der Waals surface area (Å²) in [4.78, 5) is 29.1. The second-order valence-electron chi connectivity index (χ2n) is 7.07. The monoisotopic (exact) mass is 415 g/mol. The average Bonchev–Trinajstić information content (AvgIpc) is 2.66. The van der Waals surface area contributed by atoms with Gasteiger partial charge in [-0.25, -0.2) is 4.57 Å². The number of aliphatic hydroxyl groups is 1. The van der Waals surface area contributed by atoms with Crippen molar-refractivity contribution in [1.29, 1.82) is 0 Å². The molecule has 7 nitrogen and oxygen atoms in total. The molecule has 1 aromatic carbocycles. The fourth-order valence-corrected chi connectivity index (χ4v) is 3.22. The number of carbonyl (C=O) groups excluding carboxylic acids is 1. The molecule has 0 unspecified atom stereocenters. The smallest absolute Gasteiger partial charge is 0.394 e. The van der Waals surface area contributed by atoms with Crippen LogP contribution in [0.15, 0.2) is 24.3 Å². The molecule has 1 aromatic rings. The topological polar surface area (TPSA) is 116 Å². The lowest BCUT2D eigenvalue weighted by atomic mass is 10.0. The minimum Gasteiger partial charge on any atom is -0.394 e. The van der Waals surface area contributed by atoms with Gasteiger partial charge in [0.25, 0.3) is 0 Å². The molecule has 0 bridgehead atoms. The summed E-state index contributed by atoms with van der Waals surface area (Å²) in [5, 5.41) is 11.7. The van der Waals surface area contributed by atoms with Gasteiger partial charge < -0.3 is 20.2 Å². The van der Waals surface area contributed by atoms with Gasteiger partial charge in [-0.3, -0.25) is 9.32 Å². The Morgan fingerprint density at radius 1 is 1.04 bits per heavy atom. The Morgan fingerprint density at radius 2 is 1.61 bits per heavy atom. The van der Waals surface area contributed by atoms with Crippen LogP contribution < -0.4 is 5.32 Å². The lowest BCUT2D eigenvalue weighted by Gasteiger charge is -2.16. The predicted octanol–water partition coefficient (Wildman–Crippen LogP) is 3.11. The number of hydrogen-bond donors (Lipinski definition) is 4. The van der Waals surface area contributed by atoms with Crippen LogP contribution in [0, 0.1) is 0 Å². The number of phosphoric ester groups is 1. The molecular weight excluding hydrogens is 381 g/mol. The molecule has 0 aromatic heterocycles. The van der Waals surface area contributed by atoms with E-state index in [0.29, 0.717) is 6.42 Å². The summed E-state index contributed by atoms with van der Waals surface area (Å²) in [6.45, 7) is 1.33. The quantitative estimate of drug-likeness (QED) is 0.258. The lowest BCUT2D eigenvalue weighted by Crippen LogP contribution is -2.40. The molecule has 0 aliphatic heterocycles. The van der Waals surface area contributed by atoms with Crippen LogP contribution in [-0.4, -0.2) is 40.1 Å². The van der Waals surface area contributed by atoms with E-state index in [9.17, 15) is 9.36 Å². The fraction of sp³-hybridized carbons (Fsp3) is 0.650. The number of hydrogen-bond acceptors (Lipinski definition) is 4. The number of carbonyl (C=O) groups is 1. The zero-order valence-corrected chi connectivity index (χ0v) is 17.6. The Balaban J connectivity index is 2.12. The maximum atomic E-state index is 11.8. The molecule has 0 saturated carbocycles. The Hall–Kier alpha value is -1.24. The first-order valence-corrected chi connectivity index (χ1v) is 11.5. The molecule has 160 valence electrons. The van der Waals surface area contributed by atoms with Gasteiger partial charge in [-0.05, 0) is 43.2 Å². The summed E-state index contributed by atoms with van der Waals surface area (Å²) in [6.07, 6.45) is 8.71. The molecule has 1 rings (SSSR count). The van der Waals surface area contributed by atoms with Crippen LogP contribution in [0.5, 0.6) is 0 Å². The number of nitrogens with one attached hydrogen (secondary N) is 1. The van der Waals surface area contributed by atoms with Crippen molar-refractivity contribution in [2.45, 2.75) is 70.8 Å². The number of rotatable bonds is 15. The highest BCUT2D eigenvalue weighted by Gasteiger charge is 2.19. The Bertz CT molecular complexity index is 601. The normalized spacial score (nSPS) is 12.7. The first kappa shape index (κ1) is 24.8. The van der Waals surface area contributed by atoms with Crippen LogP contribution >= 0.6 is 7.82 Å². The van der Waals surface area contributed by atoms with E-state index in [1.54, 1.807) is 0 Å². The molecule has 0 saturated heterocycles. The molecule has 1 amide bonds. The first-order valence-electron chi connectivity index (χ1n) is 10.0. The van der Waals surface area contributed by atoms with E-state index in [-0.39, 0.29) is 5.91 Å². The lowest BCUT2D eigenvalue weighted by molar-refractivity contribution is -0.122. The molecule has 1 atom stereocenters. The second kappa shape index (κ2) is 13.9.